The van der Waals surface area contributed by atoms with Crippen molar-refractivity contribution in [3.63, 3.8) is 0 Å². The SMILES string of the molecule is N#Cc1ccc([O])c(Cl)c1. The third-order valence-electron chi connectivity index (χ3n) is 1.06. The zero-order valence-corrected chi connectivity index (χ0v) is 5.72. The predicted molar refractivity (Wildman–Crippen MR) is 36.3 cm³/mol. The van der Waals surface area contributed by atoms with Crippen LogP contribution in [0.3, 0.4) is 0 Å². The van der Waals surface area contributed by atoms with Crippen LogP contribution < -0.4 is 0 Å². The third kappa shape index (κ3) is 1.20. The van der Waals surface area contributed by atoms with E-state index in [0.29, 0.717) is 5.56 Å². The Morgan fingerprint density at radius 3 is 2.70 bits per heavy atom. The van der Waals surface area contributed by atoms with Gasteiger partial charge in [-0.3, -0.25) is 5.11 Å². The minimum absolute atomic E-state index is 0.0963. The second kappa shape index (κ2) is 2.59. The molecule has 0 atom stereocenters. The van der Waals surface area contributed by atoms with Crippen LogP contribution in [0.1, 0.15) is 5.56 Å². The first kappa shape index (κ1) is 6.91. The van der Waals surface area contributed by atoms with Gasteiger partial charge in [0.25, 0.3) is 0 Å². The number of rotatable bonds is 0. The Morgan fingerprint density at radius 2 is 2.20 bits per heavy atom. The summed E-state index contributed by atoms with van der Waals surface area (Å²) in [5.41, 5.74) is 0.407. The van der Waals surface area contributed by atoms with Crippen LogP contribution >= 0.6 is 11.6 Å². The van der Waals surface area contributed by atoms with Crippen LogP contribution in [0.2, 0.25) is 5.02 Å². The lowest BCUT2D eigenvalue weighted by Crippen LogP contribution is -1.72. The Kier molecular flexibility index (Phi) is 1.79. The highest BCUT2D eigenvalue weighted by molar-refractivity contribution is 6.32. The van der Waals surface area contributed by atoms with Gasteiger partial charge in [-0.1, -0.05) is 11.6 Å². The lowest BCUT2D eigenvalue weighted by atomic mass is 10.2. The van der Waals surface area contributed by atoms with Crippen LogP contribution in [0.15, 0.2) is 18.2 Å². The van der Waals surface area contributed by atoms with E-state index in [1.807, 2.05) is 6.07 Å². The van der Waals surface area contributed by atoms with Crippen LogP contribution in [0.25, 0.3) is 0 Å². The lowest BCUT2D eigenvalue weighted by molar-refractivity contribution is 0.355. The molecule has 0 spiro atoms. The molecular weight excluding hydrogens is 150 g/mol. The molecule has 2 nitrogen and oxygen atoms in total. The second-order valence-corrected chi connectivity index (χ2v) is 2.16. The quantitative estimate of drug-likeness (QED) is 0.563. The molecule has 1 radical (unpaired) electrons. The first-order valence-electron chi connectivity index (χ1n) is 2.60. The molecule has 0 unspecified atom stereocenters. The highest BCUT2D eigenvalue weighted by atomic mass is 35.5. The summed E-state index contributed by atoms with van der Waals surface area (Å²) in [5.74, 6) is -0.249. The van der Waals surface area contributed by atoms with Gasteiger partial charge in [0.15, 0.2) is 5.75 Å². The van der Waals surface area contributed by atoms with E-state index >= 15 is 0 Å². The summed E-state index contributed by atoms with van der Waals surface area (Å²) < 4.78 is 0. The lowest BCUT2D eigenvalue weighted by Gasteiger charge is -1.90. The summed E-state index contributed by atoms with van der Waals surface area (Å²) in [4.78, 5) is 0. The molecule has 0 N–H and O–H groups in total. The van der Waals surface area contributed by atoms with E-state index in [1.165, 1.54) is 18.2 Å². The average molecular weight is 153 g/mol. The second-order valence-electron chi connectivity index (χ2n) is 1.76. The Morgan fingerprint density at radius 1 is 1.50 bits per heavy atom. The van der Waals surface area contributed by atoms with Gasteiger partial charge in [-0.15, -0.1) is 0 Å². The normalized spacial score (nSPS) is 8.80. The Hall–Kier alpha value is -1.20. The fourth-order valence-corrected chi connectivity index (χ4v) is 0.751. The molecule has 49 valence electrons. The summed E-state index contributed by atoms with van der Waals surface area (Å²) in [5, 5.41) is 19.1. The third-order valence-corrected chi connectivity index (χ3v) is 1.36. The Bertz CT molecular complexity index is 290. The summed E-state index contributed by atoms with van der Waals surface area (Å²) in [6.45, 7) is 0. The van der Waals surface area contributed by atoms with Crippen molar-refractivity contribution >= 4 is 11.6 Å². The topological polar surface area (TPSA) is 43.7 Å². The molecule has 0 fully saturated rings. The first-order chi connectivity index (χ1) is 4.74. The highest BCUT2D eigenvalue weighted by Gasteiger charge is 1.99. The number of hydrogen-bond donors (Lipinski definition) is 0. The van der Waals surface area contributed by atoms with Gasteiger partial charge in [0.2, 0.25) is 0 Å². The van der Waals surface area contributed by atoms with Gasteiger partial charge in [0.1, 0.15) is 0 Å². The molecule has 0 aliphatic rings. The molecule has 0 aromatic heterocycles. The van der Waals surface area contributed by atoms with E-state index in [1.54, 1.807) is 0 Å². The minimum atomic E-state index is -0.249. The van der Waals surface area contributed by atoms with E-state index in [-0.39, 0.29) is 10.8 Å². The molecule has 0 aliphatic heterocycles. The molecule has 0 saturated carbocycles. The van der Waals surface area contributed by atoms with Crippen LogP contribution in [0.5, 0.6) is 5.75 Å². The summed E-state index contributed by atoms with van der Waals surface area (Å²) in [6, 6.07) is 5.94. The largest absolute Gasteiger partial charge is 0.288 e. The maximum atomic E-state index is 10.6. The van der Waals surface area contributed by atoms with Crippen molar-refractivity contribution in [1.29, 1.82) is 5.26 Å². The smallest absolute Gasteiger partial charge is 0.197 e. The summed E-state index contributed by atoms with van der Waals surface area (Å²) >= 11 is 5.43. The van der Waals surface area contributed by atoms with E-state index in [4.69, 9.17) is 16.9 Å². The Balaban J connectivity index is 3.20. The molecule has 10 heavy (non-hydrogen) atoms. The van der Waals surface area contributed by atoms with Gasteiger partial charge >= 0.3 is 0 Å². The van der Waals surface area contributed by atoms with Crippen LogP contribution in [-0.2, 0) is 5.11 Å². The maximum absolute atomic E-state index is 10.6. The standard InChI is InChI=1S/C7H3ClNO/c8-6-3-5(4-9)1-2-7(6)10/h1-3H. The number of benzene rings is 1. The fraction of sp³-hybridized carbons (Fsp3) is 0. The molecule has 0 aliphatic carbocycles. The highest BCUT2D eigenvalue weighted by Crippen LogP contribution is 2.23. The molecule has 1 aromatic carbocycles. The molecule has 0 bridgehead atoms. The van der Waals surface area contributed by atoms with E-state index in [0.717, 1.165) is 0 Å². The predicted octanol–water partition coefficient (Wildman–Crippen LogP) is 2.36. The molecule has 0 saturated heterocycles. The number of halogens is 1. The zero-order chi connectivity index (χ0) is 7.56. The summed E-state index contributed by atoms with van der Waals surface area (Å²) in [6.07, 6.45) is 0. The number of hydrogen-bond acceptors (Lipinski definition) is 1. The monoisotopic (exact) mass is 152 g/mol. The first-order valence-corrected chi connectivity index (χ1v) is 2.98. The number of nitrogens with zero attached hydrogens (tertiary/aromatic N) is 1. The van der Waals surface area contributed by atoms with Crippen molar-refractivity contribution < 1.29 is 5.11 Å². The van der Waals surface area contributed by atoms with Crippen LogP contribution in [-0.4, -0.2) is 0 Å². The van der Waals surface area contributed by atoms with Gasteiger partial charge in [-0.2, -0.15) is 5.26 Å². The minimum Gasteiger partial charge on any atom is -0.288 e. The zero-order valence-electron chi connectivity index (χ0n) is 4.97. The molecule has 1 rings (SSSR count). The molecule has 3 heteroatoms. The molecule has 1 aromatic rings. The maximum Gasteiger partial charge on any atom is 0.197 e. The van der Waals surface area contributed by atoms with Crippen LogP contribution in [0, 0.1) is 11.3 Å². The van der Waals surface area contributed by atoms with Crippen LogP contribution in [0.4, 0.5) is 0 Å². The van der Waals surface area contributed by atoms with Crippen molar-refractivity contribution in [2.24, 2.45) is 0 Å². The Labute approximate surface area is 63.3 Å². The van der Waals surface area contributed by atoms with Crippen molar-refractivity contribution in [3.05, 3.63) is 28.8 Å². The van der Waals surface area contributed by atoms with Gasteiger partial charge in [-0.25, -0.2) is 0 Å². The van der Waals surface area contributed by atoms with Gasteiger partial charge in [-0.05, 0) is 18.2 Å². The molecule has 0 amide bonds. The van der Waals surface area contributed by atoms with Gasteiger partial charge < -0.3 is 0 Å². The van der Waals surface area contributed by atoms with Crippen molar-refractivity contribution in [3.8, 4) is 11.8 Å². The van der Waals surface area contributed by atoms with Gasteiger partial charge in [0.05, 0.1) is 16.7 Å². The van der Waals surface area contributed by atoms with Gasteiger partial charge in [0, 0.05) is 0 Å². The van der Waals surface area contributed by atoms with E-state index < -0.39 is 0 Å². The van der Waals surface area contributed by atoms with E-state index in [2.05, 4.69) is 0 Å². The van der Waals surface area contributed by atoms with Crippen molar-refractivity contribution in [2.45, 2.75) is 0 Å². The fourth-order valence-electron chi connectivity index (χ4n) is 0.570. The average Bonchev–Trinajstić information content (AvgIpc) is 1.95. The van der Waals surface area contributed by atoms with E-state index in [9.17, 15) is 5.11 Å². The van der Waals surface area contributed by atoms with Crippen molar-refractivity contribution in [2.75, 3.05) is 0 Å². The molecule has 0 heterocycles. The summed E-state index contributed by atoms with van der Waals surface area (Å²) in [7, 11) is 0. The van der Waals surface area contributed by atoms with Crippen molar-refractivity contribution in [1.82, 2.24) is 0 Å². The number of nitriles is 1. The molecular formula is C7H3ClNO.